The van der Waals surface area contributed by atoms with Crippen molar-refractivity contribution >= 4 is 54.6 Å². The van der Waals surface area contributed by atoms with E-state index < -0.39 is 0 Å². The molecule has 0 N–H and O–H groups in total. The molecule has 0 nitrogen and oxygen atoms in total. The van der Waals surface area contributed by atoms with Gasteiger partial charge in [-0.15, -0.1) is 0 Å². The monoisotopic (exact) mass is 559 g/mol. The number of hydrogen-bond donors (Lipinski definition) is 0. The zero-order valence-corrected chi connectivity index (χ0v) is 12.4. The average Bonchev–Trinajstić information content (AvgIpc) is 0. The Kier molecular flexibility index (Phi) is 140. The Labute approximate surface area is 81.8 Å². The van der Waals surface area contributed by atoms with Crippen LogP contribution >= 0.6 is 0 Å². The molecule has 0 amide bonds. The van der Waals surface area contributed by atoms with Gasteiger partial charge in [-0.05, 0) is 0 Å². The Morgan fingerprint density at radius 1 is 1.00 bits per heavy atom. The van der Waals surface area contributed by atoms with E-state index in [1.54, 1.807) is 0 Å². The topological polar surface area (TPSA) is 0 Å². The van der Waals surface area contributed by atoms with E-state index in [4.69, 9.17) is 0 Å². The SMILES string of the molecule is [F-].[I-].[Pb].[Tl+]. The van der Waals surface area contributed by atoms with Gasteiger partial charge in [0.1, 0.15) is 0 Å². The van der Waals surface area contributed by atoms with Gasteiger partial charge in [-0.2, -0.15) is 0 Å². The summed E-state index contributed by atoms with van der Waals surface area (Å²) in [6.07, 6.45) is 0. The number of rotatable bonds is 0. The van der Waals surface area contributed by atoms with Crippen molar-refractivity contribution < 1.29 is 28.7 Å². The first-order chi connectivity index (χ1) is 0. The van der Waals surface area contributed by atoms with Crippen LogP contribution in [0.4, 0.5) is 0 Å². The first-order valence-corrected chi connectivity index (χ1v) is 0. The normalized spacial score (nSPS) is 0. The van der Waals surface area contributed by atoms with E-state index >= 15 is 0 Å². The third-order valence-electron chi connectivity index (χ3n) is 0. The number of hydrogen-bond acceptors (Lipinski definition) is 0. The summed E-state index contributed by atoms with van der Waals surface area (Å²) in [4.78, 5) is 0. The first kappa shape index (κ1) is 31.4. The fourth-order valence-corrected chi connectivity index (χ4v) is 0. The molecule has 0 saturated heterocycles. The van der Waals surface area contributed by atoms with Crippen molar-refractivity contribution in [1.82, 2.24) is 0 Å². The maximum atomic E-state index is 0. The molecule has 4 heteroatoms. The minimum absolute atomic E-state index is 0. The fraction of sp³-hybridized carbons (Fsp3) is 0. The third-order valence-corrected chi connectivity index (χ3v) is 0. The molecule has 0 bridgehead atoms. The molecule has 0 atom stereocenters. The molecule has 4 heavy (non-hydrogen) atoms. The van der Waals surface area contributed by atoms with Crippen molar-refractivity contribution in [2.75, 3.05) is 0 Å². The summed E-state index contributed by atoms with van der Waals surface area (Å²) in [6.45, 7) is 0. The predicted molar refractivity (Wildman–Crippen MR) is 11.5 cm³/mol. The molecule has 0 aromatic rings. The summed E-state index contributed by atoms with van der Waals surface area (Å²) in [7, 11) is 0. The van der Waals surface area contributed by atoms with Crippen LogP contribution in [0, 0.1) is 0 Å². The second-order valence-corrected chi connectivity index (χ2v) is 0. The van der Waals surface area contributed by atoms with Gasteiger partial charge in [0.15, 0.2) is 0 Å². The van der Waals surface area contributed by atoms with Gasteiger partial charge in [0.25, 0.3) is 0 Å². The first-order valence-electron chi connectivity index (χ1n) is 0. The molecule has 0 spiro atoms. The fourth-order valence-electron chi connectivity index (χ4n) is 0. The van der Waals surface area contributed by atoms with E-state index in [0.717, 1.165) is 0 Å². The van der Waals surface area contributed by atoms with Gasteiger partial charge < -0.3 is 28.7 Å². The van der Waals surface area contributed by atoms with Crippen LogP contribution in [0.2, 0.25) is 0 Å². The molecule has 0 aromatic heterocycles. The van der Waals surface area contributed by atoms with Crippen LogP contribution in [-0.4, -0.2) is 54.6 Å². The molecule has 22 valence electrons. The molecular weight excluding hydrogens is 557 g/mol. The minimum atomic E-state index is 0. The zero-order chi connectivity index (χ0) is 0. The van der Waals surface area contributed by atoms with Crippen molar-refractivity contribution in [2.24, 2.45) is 0 Å². The van der Waals surface area contributed by atoms with E-state index in [1.165, 1.54) is 0 Å². The van der Waals surface area contributed by atoms with Crippen molar-refractivity contribution in [3.05, 3.63) is 0 Å². The van der Waals surface area contributed by atoms with Gasteiger partial charge in [-0.1, -0.05) is 0 Å². The van der Waals surface area contributed by atoms with Crippen LogP contribution in [0.3, 0.4) is 0 Å². The number of halogens is 2. The molecule has 0 unspecified atom stereocenters. The van der Waals surface area contributed by atoms with Crippen LogP contribution in [0.5, 0.6) is 0 Å². The van der Waals surface area contributed by atoms with Crippen molar-refractivity contribution in [1.29, 1.82) is 0 Å². The summed E-state index contributed by atoms with van der Waals surface area (Å²) in [5, 5.41) is 0. The Balaban J connectivity index is 0. The van der Waals surface area contributed by atoms with Gasteiger partial charge in [-0.25, -0.2) is 0 Å². The average molecular weight is 557 g/mol. The van der Waals surface area contributed by atoms with E-state index in [-0.39, 0.29) is 83.3 Å². The molecule has 0 rings (SSSR count). The molecule has 0 aromatic carbocycles. The minimum Gasteiger partial charge on any atom is -1.00 e. The smallest absolute Gasteiger partial charge is 1.00 e. The second-order valence-electron chi connectivity index (χ2n) is 0. The van der Waals surface area contributed by atoms with E-state index in [0.29, 0.717) is 0 Å². The van der Waals surface area contributed by atoms with Gasteiger partial charge in [0.2, 0.25) is 0 Å². The van der Waals surface area contributed by atoms with Gasteiger partial charge in [0, 0.05) is 27.3 Å². The van der Waals surface area contributed by atoms with Gasteiger partial charge >= 0.3 is 27.3 Å². The predicted octanol–water partition coefficient (Wildman–Crippen LogP) is -6.75. The maximum Gasteiger partial charge on any atom is 1.00 e. The molecule has 0 aliphatic rings. The van der Waals surface area contributed by atoms with Crippen LogP contribution in [0.15, 0.2) is 0 Å². The molecule has 0 aliphatic carbocycles. The van der Waals surface area contributed by atoms with Crippen molar-refractivity contribution in [2.45, 2.75) is 0 Å². The largest absolute Gasteiger partial charge is 1.00 e. The summed E-state index contributed by atoms with van der Waals surface area (Å²) in [5.41, 5.74) is 0. The summed E-state index contributed by atoms with van der Waals surface area (Å²) >= 11 is 0. The zero-order valence-electron chi connectivity index (χ0n) is 1.83. The summed E-state index contributed by atoms with van der Waals surface area (Å²) < 4.78 is 0. The van der Waals surface area contributed by atoms with E-state index in [2.05, 4.69) is 0 Å². The molecule has 0 heterocycles. The molecule has 0 saturated carbocycles. The van der Waals surface area contributed by atoms with Crippen LogP contribution < -0.4 is 28.7 Å². The quantitative estimate of drug-likeness (QED) is 0.206. The molecule has 0 fully saturated rings. The Hall–Kier alpha value is 2.50. The molecule has 4 radical (unpaired) electrons. The van der Waals surface area contributed by atoms with Gasteiger partial charge in [0.05, 0.1) is 0 Å². The van der Waals surface area contributed by atoms with Gasteiger partial charge in [-0.3, -0.25) is 0 Å². The molecular formula is FIPbTl-. The Bertz CT molecular complexity index is 8.00. The summed E-state index contributed by atoms with van der Waals surface area (Å²) in [5.74, 6) is 0. The standard InChI is InChI=1S/FH.HI.Pb.Tl/h2*1H;;/q;;;+1/p-2. The van der Waals surface area contributed by atoms with Crippen LogP contribution in [0.1, 0.15) is 0 Å². The maximum absolute atomic E-state index is 0. The van der Waals surface area contributed by atoms with E-state index in [9.17, 15) is 0 Å². The second kappa shape index (κ2) is 17.8. The van der Waals surface area contributed by atoms with Crippen LogP contribution in [0.25, 0.3) is 0 Å². The summed E-state index contributed by atoms with van der Waals surface area (Å²) in [6, 6.07) is 0. The van der Waals surface area contributed by atoms with Crippen molar-refractivity contribution in [3.63, 3.8) is 0 Å². The molecule has 0 aliphatic heterocycles. The Morgan fingerprint density at radius 3 is 1.00 bits per heavy atom. The third kappa shape index (κ3) is 8.82. The van der Waals surface area contributed by atoms with E-state index in [1.807, 2.05) is 0 Å². The Morgan fingerprint density at radius 2 is 1.00 bits per heavy atom. The van der Waals surface area contributed by atoms with Crippen LogP contribution in [-0.2, 0) is 0 Å². The van der Waals surface area contributed by atoms with Crippen molar-refractivity contribution in [3.8, 4) is 0 Å².